The number of hydrogen-bond donors (Lipinski definition) is 1. The molecule has 2 heterocycles. The Labute approximate surface area is 184 Å². The van der Waals surface area contributed by atoms with Gasteiger partial charge >= 0.3 is 5.97 Å². The molecular formula is C21H25FN4O4S. The van der Waals surface area contributed by atoms with E-state index in [1.54, 1.807) is 36.9 Å². The first-order valence-corrected chi connectivity index (χ1v) is 10.9. The Hall–Kier alpha value is -3.01. The van der Waals surface area contributed by atoms with E-state index in [1.165, 1.54) is 6.07 Å². The number of rotatable bonds is 7. The van der Waals surface area contributed by atoms with Gasteiger partial charge in [-0.2, -0.15) is 0 Å². The SMILES string of the molecule is CCOC(=O)c1sc(NC(=O)CCC(=O)N2CCN(c3ccccc3F)CC2)nc1C. The molecule has 10 heteroatoms. The molecule has 0 aliphatic carbocycles. The molecule has 0 saturated carbocycles. The Kier molecular flexibility index (Phi) is 7.56. The zero-order chi connectivity index (χ0) is 22.4. The van der Waals surface area contributed by atoms with Crippen LogP contribution in [0.25, 0.3) is 0 Å². The first-order valence-electron chi connectivity index (χ1n) is 10.1. The van der Waals surface area contributed by atoms with E-state index in [0.717, 1.165) is 11.3 Å². The van der Waals surface area contributed by atoms with Crippen molar-refractivity contribution in [2.45, 2.75) is 26.7 Å². The van der Waals surface area contributed by atoms with Gasteiger partial charge in [0.25, 0.3) is 0 Å². The second kappa shape index (κ2) is 10.3. The molecule has 2 aromatic rings. The van der Waals surface area contributed by atoms with Gasteiger partial charge in [0.1, 0.15) is 10.7 Å². The number of nitrogens with zero attached hydrogens (tertiary/aromatic N) is 3. The molecule has 166 valence electrons. The van der Waals surface area contributed by atoms with Gasteiger partial charge < -0.3 is 19.9 Å². The van der Waals surface area contributed by atoms with Crippen LogP contribution in [0.1, 0.15) is 35.1 Å². The summed E-state index contributed by atoms with van der Waals surface area (Å²) in [7, 11) is 0. The van der Waals surface area contributed by atoms with Crippen molar-refractivity contribution >= 4 is 39.9 Å². The lowest BCUT2D eigenvalue weighted by atomic mass is 10.2. The number of hydrogen-bond acceptors (Lipinski definition) is 7. The third-order valence-electron chi connectivity index (χ3n) is 4.90. The zero-order valence-electron chi connectivity index (χ0n) is 17.5. The summed E-state index contributed by atoms with van der Waals surface area (Å²) in [4.78, 5) is 44.6. The first-order chi connectivity index (χ1) is 14.9. The number of aromatic nitrogens is 1. The van der Waals surface area contributed by atoms with Gasteiger partial charge in [-0.25, -0.2) is 14.2 Å². The number of esters is 1. The zero-order valence-corrected chi connectivity index (χ0v) is 18.3. The van der Waals surface area contributed by atoms with Crippen molar-refractivity contribution in [3.05, 3.63) is 40.7 Å². The number of halogens is 1. The molecule has 1 aromatic heterocycles. The van der Waals surface area contributed by atoms with E-state index in [4.69, 9.17) is 4.74 Å². The number of nitrogens with one attached hydrogen (secondary N) is 1. The summed E-state index contributed by atoms with van der Waals surface area (Å²) in [6, 6.07) is 6.58. The molecular weight excluding hydrogens is 423 g/mol. The number of carbonyl (C=O) groups excluding carboxylic acids is 3. The van der Waals surface area contributed by atoms with Gasteiger partial charge in [-0.1, -0.05) is 23.5 Å². The molecule has 0 unspecified atom stereocenters. The average Bonchev–Trinajstić information content (AvgIpc) is 3.12. The maximum absolute atomic E-state index is 13.9. The fourth-order valence-corrected chi connectivity index (χ4v) is 4.18. The van der Waals surface area contributed by atoms with Crippen molar-refractivity contribution in [3.8, 4) is 0 Å². The summed E-state index contributed by atoms with van der Waals surface area (Å²) in [5.74, 6) is -1.21. The summed E-state index contributed by atoms with van der Waals surface area (Å²) < 4.78 is 18.9. The number of para-hydroxylation sites is 1. The van der Waals surface area contributed by atoms with Crippen LogP contribution in [0.15, 0.2) is 24.3 Å². The third-order valence-corrected chi connectivity index (χ3v) is 5.95. The van der Waals surface area contributed by atoms with Crippen LogP contribution in [-0.2, 0) is 14.3 Å². The summed E-state index contributed by atoms with van der Waals surface area (Å²) in [5, 5.41) is 2.94. The molecule has 8 nitrogen and oxygen atoms in total. The van der Waals surface area contributed by atoms with Crippen LogP contribution in [0.5, 0.6) is 0 Å². The smallest absolute Gasteiger partial charge is 0.350 e. The van der Waals surface area contributed by atoms with Crippen molar-refractivity contribution < 1.29 is 23.5 Å². The van der Waals surface area contributed by atoms with E-state index in [0.29, 0.717) is 47.6 Å². The summed E-state index contributed by atoms with van der Waals surface area (Å²) >= 11 is 1.05. The van der Waals surface area contributed by atoms with Crippen LogP contribution in [0.2, 0.25) is 0 Å². The van der Waals surface area contributed by atoms with E-state index >= 15 is 0 Å². The van der Waals surface area contributed by atoms with Gasteiger partial charge in [-0.3, -0.25) is 9.59 Å². The van der Waals surface area contributed by atoms with E-state index in [2.05, 4.69) is 10.3 Å². The molecule has 1 N–H and O–H groups in total. The van der Waals surface area contributed by atoms with Crippen LogP contribution in [0.4, 0.5) is 15.2 Å². The Bertz CT molecular complexity index is 957. The fourth-order valence-electron chi connectivity index (χ4n) is 3.30. The highest BCUT2D eigenvalue weighted by Crippen LogP contribution is 2.24. The molecule has 1 aliphatic heterocycles. The average molecular weight is 449 g/mol. The molecule has 1 saturated heterocycles. The van der Waals surface area contributed by atoms with Crippen LogP contribution in [-0.4, -0.2) is 60.5 Å². The monoisotopic (exact) mass is 448 g/mol. The Balaban J connectivity index is 1.45. The van der Waals surface area contributed by atoms with Crippen LogP contribution < -0.4 is 10.2 Å². The third kappa shape index (κ3) is 5.78. The molecule has 1 aromatic carbocycles. The Morgan fingerprint density at radius 3 is 2.55 bits per heavy atom. The minimum atomic E-state index is -0.470. The largest absolute Gasteiger partial charge is 0.462 e. The predicted octanol–water partition coefficient (Wildman–Crippen LogP) is 2.83. The number of anilines is 2. The molecule has 0 bridgehead atoms. The molecule has 2 amide bonds. The molecule has 31 heavy (non-hydrogen) atoms. The Morgan fingerprint density at radius 2 is 1.87 bits per heavy atom. The van der Waals surface area contributed by atoms with Crippen LogP contribution >= 0.6 is 11.3 Å². The highest BCUT2D eigenvalue weighted by molar-refractivity contribution is 7.17. The summed E-state index contributed by atoms with van der Waals surface area (Å²) in [6.07, 6.45) is 0.0837. The van der Waals surface area contributed by atoms with E-state index in [-0.39, 0.29) is 37.1 Å². The number of piperazine rings is 1. The number of aryl methyl sites for hydroxylation is 1. The minimum absolute atomic E-state index is 0.0136. The van der Waals surface area contributed by atoms with Crippen molar-refractivity contribution in [2.24, 2.45) is 0 Å². The number of carbonyl (C=O) groups is 3. The normalized spacial score (nSPS) is 13.8. The van der Waals surface area contributed by atoms with Gasteiger partial charge in [-0.05, 0) is 26.0 Å². The minimum Gasteiger partial charge on any atom is -0.462 e. The van der Waals surface area contributed by atoms with E-state index < -0.39 is 5.97 Å². The second-order valence-corrected chi connectivity index (χ2v) is 8.02. The summed E-state index contributed by atoms with van der Waals surface area (Å²) in [6.45, 7) is 5.67. The quantitative estimate of drug-likeness (QED) is 0.655. The number of amides is 2. The lowest BCUT2D eigenvalue weighted by Crippen LogP contribution is -2.49. The predicted molar refractivity (Wildman–Crippen MR) is 116 cm³/mol. The topological polar surface area (TPSA) is 91.8 Å². The maximum atomic E-state index is 13.9. The van der Waals surface area contributed by atoms with Gasteiger partial charge in [0.05, 0.1) is 18.0 Å². The molecule has 0 spiro atoms. The molecule has 1 fully saturated rings. The Morgan fingerprint density at radius 1 is 1.16 bits per heavy atom. The van der Waals surface area contributed by atoms with Crippen LogP contribution in [0, 0.1) is 12.7 Å². The lowest BCUT2D eigenvalue weighted by molar-refractivity contribution is -0.133. The van der Waals surface area contributed by atoms with Gasteiger partial charge in [0.2, 0.25) is 11.8 Å². The highest BCUT2D eigenvalue weighted by atomic mass is 32.1. The van der Waals surface area contributed by atoms with Gasteiger partial charge in [0.15, 0.2) is 5.13 Å². The second-order valence-electron chi connectivity index (χ2n) is 7.02. The highest BCUT2D eigenvalue weighted by Gasteiger charge is 2.23. The van der Waals surface area contributed by atoms with Crippen molar-refractivity contribution in [3.63, 3.8) is 0 Å². The molecule has 0 radical (unpaired) electrons. The molecule has 1 aliphatic rings. The van der Waals surface area contributed by atoms with Gasteiger partial charge in [-0.15, -0.1) is 0 Å². The van der Waals surface area contributed by atoms with Crippen molar-refractivity contribution in [1.82, 2.24) is 9.88 Å². The maximum Gasteiger partial charge on any atom is 0.350 e. The lowest BCUT2D eigenvalue weighted by Gasteiger charge is -2.36. The molecule has 3 rings (SSSR count). The first kappa shape index (κ1) is 22.7. The number of thiazole rings is 1. The fraction of sp³-hybridized carbons (Fsp3) is 0.429. The van der Waals surface area contributed by atoms with Gasteiger partial charge in [0, 0.05) is 39.0 Å². The standard InChI is InChI=1S/C21H25FN4O4S/c1-3-30-20(29)19-14(2)23-21(31-19)24-17(27)8-9-18(28)26-12-10-25(11-13-26)16-7-5-4-6-15(16)22/h4-7H,3,8-13H2,1-2H3,(H,23,24,27). The molecule has 0 atom stereocenters. The summed E-state index contributed by atoms with van der Waals surface area (Å²) in [5.41, 5.74) is 1.03. The number of benzene rings is 1. The number of ether oxygens (including phenoxy) is 1. The van der Waals surface area contributed by atoms with Crippen molar-refractivity contribution in [1.29, 1.82) is 0 Å². The van der Waals surface area contributed by atoms with Crippen molar-refractivity contribution in [2.75, 3.05) is 43.0 Å². The van der Waals surface area contributed by atoms with Crippen LogP contribution in [0.3, 0.4) is 0 Å². The van der Waals surface area contributed by atoms with E-state index in [1.807, 2.05) is 4.90 Å². The van der Waals surface area contributed by atoms with E-state index in [9.17, 15) is 18.8 Å².